The Kier molecular flexibility index (Phi) is 16.5. The van der Waals surface area contributed by atoms with E-state index in [-0.39, 0.29) is 24.8 Å². The average Bonchev–Trinajstić information content (AvgIpc) is 3.70. The molecule has 1 atom stereocenters. The molecule has 0 spiro atoms. The van der Waals surface area contributed by atoms with Crippen LogP contribution in [0.3, 0.4) is 0 Å². The number of hydrogen-bond acceptors (Lipinski definition) is 0. The van der Waals surface area contributed by atoms with Gasteiger partial charge in [-0.05, 0) is 75.8 Å². The maximum absolute atomic E-state index is 3.78. The molecule has 3 heteroatoms. The predicted octanol–water partition coefficient (Wildman–Crippen LogP) is 7.77. The number of fused-ring (bicyclic) bond motifs is 3. The van der Waals surface area contributed by atoms with Gasteiger partial charge in [0.15, 0.2) is 0 Å². The summed E-state index contributed by atoms with van der Waals surface area (Å²) in [4.78, 5) is 0. The molecule has 0 aliphatic heterocycles. The van der Waals surface area contributed by atoms with Gasteiger partial charge in [-0.1, -0.05) is 133 Å². The molecule has 0 heterocycles. The summed E-state index contributed by atoms with van der Waals surface area (Å²) in [6.45, 7) is 24.4. The standard InChI is InChI=1S/C31H29.C12H19.C8H8.2ClH.Zr/c1-18-11-20(3)30(21(4)12-18)24-7-9-28-26(15-24)17-27-16-25(8-10-29(27)28)31-22(5)13-19(2)14-23(31)6;1-5-6-10-7-8-11(9-10)12(2,3)4;1-2-8-6-4-3-5-7-8;;;/h7-15H,17H2,1-6H3;8-10H,5-6H2,1-4H3;3-7H,1H3;2*1H;/q2*-1;;;;+2/p-2. The number of hydrogen-bond donors (Lipinski definition) is 0. The fraction of sp³-hybridized carbons (Fsp3) is 0.314. The van der Waals surface area contributed by atoms with Gasteiger partial charge in [0.25, 0.3) is 0 Å². The van der Waals surface area contributed by atoms with Crippen LogP contribution in [0.4, 0.5) is 0 Å². The molecule has 0 radical (unpaired) electrons. The van der Waals surface area contributed by atoms with Crippen molar-refractivity contribution in [2.75, 3.05) is 0 Å². The third-order valence-electron chi connectivity index (χ3n) is 10.2. The van der Waals surface area contributed by atoms with Crippen molar-refractivity contribution in [3.63, 3.8) is 0 Å². The molecule has 7 rings (SSSR count). The third kappa shape index (κ3) is 11.0. The van der Waals surface area contributed by atoms with Gasteiger partial charge in [-0.15, -0.1) is 29.3 Å². The normalized spacial score (nSPS) is 13.6. The minimum absolute atomic E-state index is 0. The fourth-order valence-corrected chi connectivity index (χ4v) is 8.22. The van der Waals surface area contributed by atoms with Crippen LogP contribution in [0.25, 0.3) is 33.4 Å². The van der Waals surface area contributed by atoms with Crippen molar-refractivity contribution < 1.29 is 49.0 Å². The molecule has 0 saturated heterocycles. The Balaban J connectivity index is 0.000000281. The summed E-state index contributed by atoms with van der Waals surface area (Å²) in [6.07, 6.45) is 11.4. The fourth-order valence-electron chi connectivity index (χ4n) is 7.81. The van der Waals surface area contributed by atoms with E-state index in [1.807, 2.05) is 6.07 Å². The Morgan fingerprint density at radius 1 is 0.722 bits per heavy atom. The van der Waals surface area contributed by atoms with Gasteiger partial charge >= 0.3 is 70.3 Å². The van der Waals surface area contributed by atoms with E-state index >= 15 is 0 Å². The Hall–Kier alpha value is -3.09. The summed E-state index contributed by atoms with van der Waals surface area (Å²) >= 11 is 1.51. The largest absolute Gasteiger partial charge is 1.00 e. The van der Waals surface area contributed by atoms with Crippen LogP contribution in [0.2, 0.25) is 0 Å². The van der Waals surface area contributed by atoms with Crippen molar-refractivity contribution in [1.29, 1.82) is 0 Å². The zero-order valence-electron chi connectivity index (χ0n) is 34.2. The Bertz CT molecular complexity index is 1990. The van der Waals surface area contributed by atoms with Gasteiger partial charge in [0.2, 0.25) is 0 Å². The van der Waals surface area contributed by atoms with E-state index in [1.165, 1.54) is 129 Å². The minimum atomic E-state index is 0. The second kappa shape index (κ2) is 19.7. The van der Waals surface area contributed by atoms with Crippen LogP contribution in [-0.2, 0) is 30.7 Å². The smallest absolute Gasteiger partial charge is 0.0125 e. The first kappa shape index (κ1) is 45.3. The van der Waals surface area contributed by atoms with E-state index in [0.29, 0.717) is 11.3 Å². The molecule has 280 valence electrons. The molecule has 2 aliphatic carbocycles. The molecule has 5 aromatic carbocycles. The van der Waals surface area contributed by atoms with Crippen LogP contribution < -0.4 is 24.8 Å². The second-order valence-corrected chi connectivity index (χ2v) is 17.8. The average molecular weight is 831 g/mol. The van der Waals surface area contributed by atoms with E-state index in [2.05, 4.69) is 179 Å². The minimum Gasteiger partial charge on any atom is -1.00 e. The number of halogens is 2. The molecular formula is C51H56Cl2Zr-2. The summed E-state index contributed by atoms with van der Waals surface area (Å²) in [6, 6.07) is 34.9. The first-order valence-corrected chi connectivity index (χ1v) is 20.2. The van der Waals surface area contributed by atoms with E-state index in [0.717, 1.165) is 6.42 Å². The SMILES string of the molecule is CCCC1[C-]=CC(C(C)(C)C)=C1.C[C](=[Zr+2])c1ccccc1.Cc1cc(C)c(-c2[c-]c3c(cc2)-c2ccc(-c4c(C)cc(C)cc4C)cc2C3)c(C)c1.[Cl-].[Cl-]. The number of rotatable bonds is 5. The molecule has 0 nitrogen and oxygen atoms in total. The van der Waals surface area contributed by atoms with Crippen LogP contribution in [0.1, 0.15) is 97.5 Å². The van der Waals surface area contributed by atoms with Crippen LogP contribution in [0, 0.1) is 65.0 Å². The van der Waals surface area contributed by atoms with E-state index in [4.69, 9.17) is 0 Å². The molecule has 5 aromatic rings. The quantitative estimate of drug-likeness (QED) is 0.156. The van der Waals surface area contributed by atoms with Gasteiger partial charge in [0, 0.05) is 0 Å². The van der Waals surface area contributed by atoms with Crippen molar-refractivity contribution in [2.24, 2.45) is 11.3 Å². The predicted molar refractivity (Wildman–Crippen MR) is 223 cm³/mol. The van der Waals surface area contributed by atoms with Gasteiger partial charge in [-0.25, -0.2) is 6.08 Å². The molecular weight excluding hydrogens is 775 g/mol. The Morgan fingerprint density at radius 3 is 1.78 bits per heavy atom. The molecule has 54 heavy (non-hydrogen) atoms. The van der Waals surface area contributed by atoms with Gasteiger partial charge < -0.3 is 24.8 Å². The molecule has 0 amide bonds. The third-order valence-corrected chi connectivity index (χ3v) is 10.9. The molecule has 0 aromatic heterocycles. The maximum Gasteiger partial charge on any atom is -0.0125 e. The summed E-state index contributed by atoms with van der Waals surface area (Å²) in [5, 5.41) is 0. The van der Waals surface area contributed by atoms with E-state index in [1.54, 1.807) is 0 Å². The summed E-state index contributed by atoms with van der Waals surface area (Å²) in [5.74, 6) is 0.587. The number of allylic oxidation sites excluding steroid dienone is 4. The van der Waals surface area contributed by atoms with Crippen molar-refractivity contribution in [1.82, 2.24) is 0 Å². The number of benzene rings is 5. The van der Waals surface area contributed by atoms with Crippen molar-refractivity contribution in [2.45, 2.75) is 95.4 Å². The zero-order valence-corrected chi connectivity index (χ0v) is 38.2. The van der Waals surface area contributed by atoms with Gasteiger partial charge in [-0.3, -0.25) is 6.08 Å². The number of aryl methyl sites for hydroxylation is 6. The molecule has 0 saturated carbocycles. The topological polar surface area (TPSA) is 0 Å². The van der Waals surface area contributed by atoms with Crippen molar-refractivity contribution in [3.05, 3.63) is 165 Å². The summed E-state index contributed by atoms with van der Waals surface area (Å²) in [5.41, 5.74) is 21.8. The van der Waals surface area contributed by atoms with Crippen molar-refractivity contribution in [3.8, 4) is 33.4 Å². The summed E-state index contributed by atoms with van der Waals surface area (Å²) < 4.78 is 1.46. The zero-order chi connectivity index (χ0) is 37.7. The molecule has 0 bridgehead atoms. The first-order chi connectivity index (χ1) is 24.7. The Labute approximate surface area is 354 Å². The molecule has 2 aliphatic rings. The first-order valence-electron chi connectivity index (χ1n) is 18.9. The van der Waals surface area contributed by atoms with Gasteiger partial charge in [0.1, 0.15) is 0 Å². The maximum atomic E-state index is 3.78. The molecule has 0 fully saturated rings. The van der Waals surface area contributed by atoms with Crippen LogP contribution in [-0.4, -0.2) is 3.21 Å². The summed E-state index contributed by atoms with van der Waals surface area (Å²) in [7, 11) is 0. The molecule has 0 N–H and O–H groups in total. The molecule has 1 unspecified atom stereocenters. The van der Waals surface area contributed by atoms with Gasteiger partial charge in [0.05, 0.1) is 0 Å². The Morgan fingerprint density at radius 2 is 1.28 bits per heavy atom. The van der Waals surface area contributed by atoms with Crippen LogP contribution in [0.5, 0.6) is 0 Å². The van der Waals surface area contributed by atoms with E-state index in [9.17, 15) is 0 Å². The second-order valence-electron chi connectivity index (χ2n) is 15.9. The monoisotopic (exact) mass is 828 g/mol. The van der Waals surface area contributed by atoms with Crippen LogP contribution in [0.15, 0.2) is 103 Å². The van der Waals surface area contributed by atoms with Gasteiger partial charge in [-0.2, -0.15) is 11.6 Å². The van der Waals surface area contributed by atoms with E-state index < -0.39 is 0 Å². The van der Waals surface area contributed by atoms with Crippen LogP contribution >= 0.6 is 0 Å². The van der Waals surface area contributed by atoms with Crippen molar-refractivity contribution >= 4 is 3.21 Å².